The summed E-state index contributed by atoms with van der Waals surface area (Å²) in [5.74, 6) is 0. The van der Waals surface area contributed by atoms with Crippen molar-refractivity contribution in [3.63, 3.8) is 0 Å². The number of hydrogen-bond donors (Lipinski definition) is 2. The molecule has 0 saturated carbocycles. The van der Waals surface area contributed by atoms with Gasteiger partial charge in [-0.3, -0.25) is 0 Å². The second-order valence-electron chi connectivity index (χ2n) is 8.87. The summed E-state index contributed by atoms with van der Waals surface area (Å²) >= 11 is 0. The molecule has 0 radical (unpaired) electrons. The number of rotatable bonds is 6. The van der Waals surface area contributed by atoms with E-state index >= 15 is 0 Å². The van der Waals surface area contributed by atoms with Crippen LogP contribution in [-0.4, -0.2) is 0 Å². The molecule has 6 aromatic carbocycles. The van der Waals surface area contributed by atoms with Crippen LogP contribution in [-0.2, 0) is 0 Å². The van der Waals surface area contributed by atoms with Gasteiger partial charge in [-0.15, -0.1) is 0 Å². The average molecular weight is 463 g/mol. The maximum Gasteiger partial charge on any atom is 0.0463 e. The van der Waals surface area contributed by atoms with Crippen molar-refractivity contribution in [1.82, 2.24) is 0 Å². The average Bonchev–Trinajstić information content (AvgIpc) is 2.95. The maximum atomic E-state index is 3.57. The third kappa shape index (κ3) is 4.70. The monoisotopic (exact) mass is 462 g/mol. The van der Waals surface area contributed by atoms with Crippen LogP contribution >= 0.6 is 0 Å². The first kappa shape index (κ1) is 21.7. The quantitative estimate of drug-likeness (QED) is 0.257. The molecule has 0 saturated heterocycles. The molecule has 6 aromatic rings. The smallest absolute Gasteiger partial charge is 0.0463 e. The van der Waals surface area contributed by atoms with Crippen molar-refractivity contribution in [2.75, 3.05) is 10.6 Å². The first-order chi connectivity index (χ1) is 17.8. The summed E-state index contributed by atoms with van der Waals surface area (Å²) in [7, 11) is 0. The predicted molar refractivity (Wildman–Crippen MR) is 154 cm³/mol. The summed E-state index contributed by atoms with van der Waals surface area (Å²) in [6.07, 6.45) is 0. The molecule has 0 amide bonds. The molecule has 2 nitrogen and oxygen atoms in total. The van der Waals surface area contributed by atoms with Gasteiger partial charge in [0.1, 0.15) is 0 Å². The molecule has 0 aliphatic heterocycles. The minimum Gasteiger partial charge on any atom is -0.356 e. The predicted octanol–water partition coefficient (Wildman–Crippen LogP) is 9.66. The molecule has 0 bridgehead atoms. The molecule has 0 aromatic heterocycles. The fourth-order valence-corrected chi connectivity index (χ4v) is 4.53. The highest BCUT2D eigenvalue weighted by atomic mass is 14.9. The fraction of sp³-hybridized carbons (Fsp3) is 0. The van der Waals surface area contributed by atoms with Gasteiger partial charge in [-0.2, -0.15) is 0 Å². The number of anilines is 4. The standard InChI is InChI=1S/C34H26N2/c1-2-7-25(8-3-1)26-13-19-30(20-14-26)35-31-21-15-27(16-22-31)28-17-23-32(24-18-28)36-34-12-6-10-29-9-4-5-11-33(29)34/h1-24,35-36H. The number of hydrogen-bond acceptors (Lipinski definition) is 2. The van der Waals surface area contributed by atoms with Gasteiger partial charge in [-0.25, -0.2) is 0 Å². The minimum absolute atomic E-state index is 1.07. The summed E-state index contributed by atoms with van der Waals surface area (Å²) in [5, 5.41) is 9.53. The third-order valence-corrected chi connectivity index (χ3v) is 6.45. The molecule has 0 spiro atoms. The Hall–Kier alpha value is -4.82. The van der Waals surface area contributed by atoms with Crippen LogP contribution in [0, 0.1) is 0 Å². The van der Waals surface area contributed by atoms with Crippen molar-refractivity contribution in [1.29, 1.82) is 0 Å². The van der Waals surface area contributed by atoms with Gasteiger partial charge in [0.25, 0.3) is 0 Å². The van der Waals surface area contributed by atoms with Crippen LogP contribution < -0.4 is 10.6 Å². The van der Waals surface area contributed by atoms with Crippen molar-refractivity contribution < 1.29 is 0 Å². The maximum absolute atomic E-state index is 3.57. The van der Waals surface area contributed by atoms with Gasteiger partial charge in [0, 0.05) is 28.1 Å². The van der Waals surface area contributed by atoms with Crippen LogP contribution in [0.15, 0.2) is 146 Å². The summed E-state index contributed by atoms with van der Waals surface area (Å²) in [5.41, 5.74) is 9.17. The third-order valence-electron chi connectivity index (χ3n) is 6.45. The van der Waals surface area contributed by atoms with Crippen LogP contribution in [0.4, 0.5) is 22.7 Å². The van der Waals surface area contributed by atoms with Crippen LogP contribution in [0.3, 0.4) is 0 Å². The summed E-state index contributed by atoms with van der Waals surface area (Å²) in [4.78, 5) is 0. The highest BCUT2D eigenvalue weighted by molar-refractivity contribution is 5.95. The van der Waals surface area contributed by atoms with E-state index in [1.54, 1.807) is 0 Å². The van der Waals surface area contributed by atoms with Crippen molar-refractivity contribution in [2.24, 2.45) is 0 Å². The molecule has 2 heteroatoms. The van der Waals surface area contributed by atoms with E-state index in [1.165, 1.54) is 33.0 Å². The molecule has 6 rings (SSSR count). The molecular formula is C34H26N2. The van der Waals surface area contributed by atoms with E-state index in [2.05, 4.69) is 150 Å². The molecule has 0 aliphatic carbocycles. The Labute approximate surface area is 211 Å². The van der Waals surface area contributed by atoms with Gasteiger partial charge in [-0.1, -0.05) is 103 Å². The van der Waals surface area contributed by atoms with Gasteiger partial charge in [0.2, 0.25) is 0 Å². The molecule has 0 aliphatic rings. The molecule has 172 valence electrons. The van der Waals surface area contributed by atoms with Gasteiger partial charge >= 0.3 is 0 Å². The fourth-order valence-electron chi connectivity index (χ4n) is 4.53. The van der Waals surface area contributed by atoms with E-state index in [0.29, 0.717) is 0 Å². The van der Waals surface area contributed by atoms with Crippen molar-refractivity contribution >= 4 is 33.5 Å². The zero-order chi connectivity index (χ0) is 24.2. The Bertz CT molecular complexity index is 1580. The molecule has 0 atom stereocenters. The molecule has 0 fully saturated rings. The van der Waals surface area contributed by atoms with Crippen molar-refractivity contribution in [2.45, 2.75) is 0 Å². The second-order valence-corrected chi connectivity index (χ2v) is 8.87. The highest BCUT2D eigenvalue weighted by Gasteiger charge is 2.03. The lowest BCUT2D eigenvalue weighted by molar-refractivity contribution is 1.53. The zero-order valence-electron chi connectivity index (χ0n) is 19.9. The number of nitrogens with one attached hydrogen (secondary N) is 2. The Kier molecular flexibility index (Phi) is 5.91. The van der Waals surface area contributed by atoms with Crippen molar-refractivity contribution in [3.05, 3.63) is 146 Å². The zero-order valence-corrected chi connectivity index (χ0v) is 19.9. The first-order valence-electron chi connectivity index (χ1n) is 12.2. The molecular weight excluding hydrogens is 436 g/mol. The van der Waals surface area contributed by atoms with Crippen LogP contribution in [0.2, 0.25) is 0 Å². The van der Waals surface area contributed by atoms with E-state index < -0.39 is 0 Å². The van der Waals surface area contributed by atoms with Crippen molar-refractivity contribution in [3.8, 4) is 22.3 Å². The van der Waals surface area contributed by atoms with Gasteiger partial charge in [0.05, 0.1) is 0 Å². The summed E-state index contributed by atoms with van der Waals surface area (Å²) in [6, 6.07) is 51.0. The Morgan fingerprint density at radius 1 is 0.306 bits per heavy atom. The Balaban J connectivity index is 1.13. The van der Waals surface area contributed by atoms with E-state index in [4.69, 9.17) is 0 Å². The Morgan fingerprint density at radius 2 is 0.750 bits per heavy atom. The lowest BCUT2D eigenvalue weighted by Crippen LogP contribution is -1.92. The molecule has 0 unspecified atom stereocenters. The van der Waals surface area contributed by atoms with E-state index in [-0.39, 0.29) is 0 Å². The minimum atomic E-state index is 1.07. The second kappa shape index (κ2) is 9.81. The van der Waals surface area contributed by atoms with E-state index in [9.17, 15) is 0 Å². The van der Waals surface area contributed by atoms with E-state index in [1.807, 2.05) is 6.07 Å². The SMILES string of the molecule is c1ccc(-c2ccc(Nc3ccc(-c4ccc(Nc5cccc6ccccc56)cc4)cc3)cc2)cc1. The topological polar surface area (TPSA) is 24.1 Å². The van der Waals surface area contributed by atoms with Gasteiger partial charge < -0.3 is 10.6 Å². The van der Waals surface area contributed by atoms with Crippen LogP contribution in [0.25, 0.3) is 33.0 Å². The van der Waals surface area contributed by atoms with Gasteiger partial charge in [-0.05, 0) is 70.1 Å². The number of fused-ring (bicyclic) bond motifs is 1. The highest BCUT2D eigenvalue weighted by Crippen LogP contribution is 2.29. The summed E-state index contributed by atoms with van der Waals surface area (Å²) in [6.45, 7) is 0. The largest absolute Gasteiger partial charge is 0.356 e. The normalized spacial score (nSPS) is 10.8. The summed E-state index contributed by atoms with van der Waals surface area (Å²) < 4.78 is 0. The first-order valence-corrected chi connectivity index (χ1v) is 12.2. The van der Waals surface area contributed by atoms with Gasteiger partial charge in [0.15, 0.2) is 0 Å². The van der Waals surface area contributed by atoms with E-state index in [0.717, 1.165) is 22.7 Å². The lowest BCUT2D eigenvalue weighted by atomic mass is 10.0. The van der Waals surface area contributed by atoms with Crippen LogP contribution in [0.1, 0.15) is 0 Å². The lowest BCUT2D eigenvalue weighted by Gasteiger charge is -2.11. The molecule has 2 N–H and O–H groups in total. The number of benzene rings is 6. The van der Waals surface area contributed by atoms with Crippen LogP contribution in [0.5, 0.6) is 0 Å². The molecule has 36 heavy (non-hydrogen) atoms. The molecule has 0 heterocycles. The Morgan fingerprint density at radius 3 is 1.33 bits per heavy atom.